The van der Waals surface area contributed by atoms with Gasteiger partial charge in [-0.05, 0) is 16.4 Å². The summed E-state index contributed by atoms with van der Waals surface area (Å²) in [6, 6.07) is 0. The van der Waals surface area contributed by atoms with Gasteiger partial charge < -0.3 is 0 Å². The minimum Gasteiger partial charge on any atom is -0.236 e. The molecule has 2 aromatic rings. The lowest BCUT2D eigenvalue weighted by Gasteiger charge is -2.19. The number of aromatic nitrogens is 3. The maximum atomic E-state index is 4.57. The molecule has 0 aliphatic rings. The van der Waals surface area contributed by atoms with Gasteiger partial charge in [-0.2, -0.15) is 5.10 Å². The summed E-state index contributed by atoms with van der Waals surface area (Å²) in [6.07, 6.45) is 5.97. The van der Waals surface area contributed by atoms with Crippen LogP contribution in [0.15, 0.2) is 18.6 Å². The molecule has 0 spiro atoms. The molecule has 2 aromatic heterocycles. The standard InChI is InChI=1S/C14H21N3/c1-13(2,3)10-7-15-12-11(14(4,5)6)8-16-17(12)9-10/h7-9H,1-6H3. The maximum Gasteiger partial charge on any atom is 0.158 e. The normalized spacial score (nSPS) is 13.3. The Kier molecular flexibility index (Phi) is 2.53. The Hall–Kier alpha value is -1.38. The van der Waals surface area contributed by atoms with Crippen molar-refractivity contribution in [1.82, 2.24) is 14.6 Å². The lowest BCUT2D eigenvalue weighted by molar-refractivity contribution is 0.579. The van der Waals surface area contributed by atoms with E-state index in [1.54, 1.807) is 0 Å². The predicted molar refractivity (Wildman–Crippen MR) is 70.4 cm³/mol. The molecule has 0 aromatic carbocycles. The van der Waals surface area contributed by atoms with Crippen molar-refractivity contribution in [3.8, 4) is 0 Å². The number of hydrogen-bond donors (Lipinski definition) is 0. The summed E-state index contributed by atoms with van der Waals surface area (Å²) in [4.78, 5) is 4.57. The highest BCUT2D eigenvalue weighted by atomic mass is 15.2. The van der Waals surface area contributed by atoms with E-state index in [1.807, 2.05) is 16.9 Å². The summed E-state index contributed by atoms with van der Waals surface area (Å²) >= 11 is 0. The van der Waals surface area contributed by atoms with E-state index < -0.39 is 0 Å². The third-order valence-electron chi connectivity index (χ3n) is 3.03. The Bertz CT molecular complexity index is 539. The van der Waals surface area contributed by atoms with Gasteiger partial charge in [0, 0.05) is 18.0 Å². The molecule has 2 heterocycles. The van der Waals surface area contributed by atoms with Gasteiger partial charge in [-0.1, -0.05) is 41.5 Å². The number of hydrogen-bond acceptors (Lipinski definition) is 2. The molecule has 0 N–H and O–H groups in total. The van der Waals surface area contributed by atoms with Gasteiger partial charge in [0.2, 0.25) is 0 Å². The van der Waals surface area contributed by atoms with Crippen LogP contribution in [0.2, 0.25) is 0 Å². The van der Waals surface area contributed by atoms with Crippen LogP contribution in [0, 0.1) is 0 Å². The third kappa shape index (κ3) is 2.19. The number of nitrogens with zero attached hydrogens (tertiary/aromatic N) is 3. The van der Waals surface area contributed by atoms with Crippen molar-refractivity contribution in [3.05, 3.63) is 29.7 Å². The highest BCUT2D eigenvalue weighted by Crippen LogP contribution is 2.27. The lowest BCUT2D eigenvalue weighted by Crippen LogP contribution is -2.14. The molecule has 0 aliphatic heterocycles. The van der Waals surface area contributed by atoms with E-state index >= 15 is 0 Å². The first-order chi connectivity index (χ1) is 7.69. The van der Waals surface area contributed by atoms with Gasteiger partial charge in [0.1, 0.15) is 0 Å². The van der Waals surface area contributed by atoms with Crippen LogP contribution in [0.4, 0.5) is 0 Å². The lowest BCUT2D eigenvalue weighted by atomic mass is 9.88. The van der Waals surface area contributed by atoms with Crippen LogP contribution in [0.25, 0.3) is 5.65 Å². The summed E-state index contributed by atoms with van der Waals surface area (Å²) in [5.41, 5.74) is 3.55. The average Bonchev–Trinajstić information content (AvgIpc) is 2.57. The van der Waals surface area contributed by atoms with Gasteiger partial charge in [-0.25, -0.2) is 9.50 Å². The van der Waals surface area contributed by atoms with Crippen molar-refractivity contribution in [1.29, 1.82) is 0 Å². The van der Waals surface area contributed by atoms with Crippen molar-refractivity contribution in [2.45, 2.75) is 52.4 Å². The minimum absolute atomic E-state index is 0.0813. The van der Waals surface area contributed by atoms with E-state index in [0.29, 0.717) is 0 Å². The summed E-state index contributed by atoms with van der Waals surface area (Å²) in [5.74, 6) is 0. The van der Waals surface area contributed by atoms with Crippen LogP contribution >= 0.6 is 0 Å². The molecule has 0 fully saturated rings. The van der Waals surface area contributed by atoms with Gasteiger partial charge in [0.05, 0.1) is 6.20 Å². The molecule has 2 rings (SSSR count). The fourth-order valence-electron chi connectivity index (χ4n) is 1.79. The molecular weight excluding hydrogens is 210 g/mol. The van der Waals surface area contributed by atoms with Crippen LogP contribution < -0.4 is 0 Å². The molecule has 0 atom stereocenters. The molecule has 0 aliphatic carbocycles. The SMILES string of the molecule is CC(C)(C)c1cnc2c(C(C)(C)C)cnn2c1. The number of rotatable bonds is 0. The molecule has 3 nitrogen and oxygen atoms in total. The van der Waals surface area contributed by atoms with Crippen LogP contribution in [-0.2, 0) is 10.8 Å². The van der Waals surface area contributed by atoms with E-state index in [1.165, 1.54) is 11.1 Å². The highest BCUT2D eigenvalue weighted by molar-refractivity contribution is 5.50. The van der Waals surface area contributed by atoms with E-state index in [-0.39, 0.29) is 10.8 Å². The second-order valence-electron chi connectivity index (χ2n) is 6.67. The highest BCUT2D eigenvalue weighted by Gasteiger charge is 2.21. The molecule has 0 amide bonds. The fraction of sp³-hybridized carbons (Fsp3) is 0.571. The number of fused-ring (bicyclic) bond motifs is 1. The zero-order valence-electron chi connectivity index (χ0n) is 11.6. The Morgan fingerprint density at radius 1 is 0.941 bits per heavy atom. The molecule has 0 unspecified atom stereocenters. The largest absolute Gasteiger partial charge is 0.236 e. The van der Waals surface area contributed by atoms with Crippen molar-refractivity contribution in [2.24, 2.45) is 0 Å². The van der Waals surface area contributed by atoms with Gasteiger partial charge >= 0.3 is 0 Å². The van der Waals surface area contributed by atoms with E-state index in [4.69, 9.17) is 0 Å². The zero-order valence-corrected chi connectivity index (χ0v) is 11.6. The summed E-state index contributed by atoms with van der Waals surface area (Å²) in [6.45, 7) is 13.1. The predicted octanol–water partition coefficient (Wildman–Crippen LogP) is 3.32. The minimum atomic E-state index is 0.0813. The molecular formula is C14H21N3. The Labute approximate surface area is 103 Å². The molecule has 0 radical (unpaired) electrons. The van der Waals surface area contributed by atoms with E-state index in [9.17, 15) is 0 Å². The fourth-order valence-corrected chi connectivity index (χ4v) is 1.79. The van der Waals surface area contributed by atoms with Crippen molar-refractivity contribution >= 4 is 5.65 Å². The first-order valence-electron chi connectivity index (χ1n) is 6.04. The third-order valence-corrected chi connectivity index (χ3v) is 3.03. The van der Waals surface area contributed by atoms with Gasteiger partial charge in [0.15, 0.2) is 5.65 Å². The molecule has 92 valence electrons. The monoisotopic (exact) mass is 231 g/mol. The van der Waals surface area contributed by atoms with E-state index in [2.05, 4.69) is 57.8 Å². The second kappa shape index (κ2) is 3.56. The molecule has 0 saturated carbocycles. The Morgan fingerprint density at radius 2 is 1.59 bits per heavy atom. The zero-order chi connectivity index (χ0) is 12.8. The van der Waals surface area contributed by atoms with Gasteiger partial charge in [-0.15, -0.1) is 0 Å². The first-order valence-corrected chi connectivity index (χ1v) is 6.04. The van der Waals surface area contributed by atoms with Crippen LogP contribution in [0.5, 0.6) is 0 Å². The van der Waals surface area contributed by atoms with Crippen LogP contribution in [-0.4, -0.2) is 14.6 Å². The van der Waals surface area contributed by atoms with Gasteiger partial charge in [-0.3, -0.25) is 0 Å². The first kappa shape index (κ1) is 12.1. The molecule has 17 heavy (non-hydrogen) atoms. The van der Waals surface area contributed by atoms with Crippen LogP contribution in [0.1, 0.15) is 52.7 Å². The maximum absolute atomic E-state index is 4.57. The summed E-state index contributed by atoms with van der Waals surface area (Å²) in [5, 5.41) is 4.41. The smallest absolute Gasteiger partial charge is 0.158 e. The topological polar surface area (TPSA) is 30.2 Å². The molecule has 0 saturated heterocycles. The Morgan fingerprint density at radius 3 is 2.12 bits per heavy atom. The average molecular weight is 231 g/mol. The van der Waals surface area contributed by atoms with Crippen LogP contribution in [0.3, 0.4) is 0 Å². The van der Waals surface area contributed by atoms with E-state index in [0.717, 1.165) is 5.65 Å². The van der Waals surface area contributed by atoms with Crippen molar-refractivity contribution in [2.75, 3.05) is 0 Å². The molecule has 3 heteroatoms. The summed E-state index contributed by atoms with van der Waals surface area (Å²) in [7, 11) is 0. The second-order valence-corrected chi connectivity index (χ2v) is 6.67. The quantitative estimate of drug-likeness (QED) is 0.696. The Balaban J connectivity index is 2.61. The van der Waals surface area contributed by atoms with Gasteiger partial charge in [0.25, 0.3) is 0 Å². The molecule has 0 bridgehead atoms. The van der Waals surface area contributed by atoms with Crippen molar-refractivity contribution < 1.29 is 0 Å². The summed E-state index contributed by atoms with van der Waals surface area (Å²) < 4.78 is 1.89. The van der Waals surface area contributed by atoms with Crippen molar-refractivity contribution in [3.63, 3.8) is 0 Å².